The van der Waals surface area contributed by atoms with Gasteiger partial charge >= 0.3 is 19.8 Å². The van der Waals surface area contributed by atoms with Gasteiger partial charge in [-0.1, -0.05) is 142 Å². The number of esters is 2. The van der Waals surface area contributed by atoms with Crippen molar-refractivity contribution in [1.82, 2.24) is 0 Å². The van der Waals surface area contributed by atoms with Crippen LogP contribution in [-0.4, -0.2) is 49.3 Å². The Morgan fingerprint density at radius 1 is 0.544 bits per heavy atom. The van der Waals surface area contributed by atoms with Crippen LogP contribution in [0.15, 0.2) is 109 Å². The number of rotatable bonds is 38. The van der Waals surface area contributed by atoms with E-state index in [9.17, 15) is 19.0 Å². The highest BCUT2D eigenvalue weighted by Gasteiger charge is 2.25. The molecule has 3 N–H and O–H groups in total. The van der Waals surface area contributed by atoms with Gasteiger partial charge in [0.2, 0.25) is 0 Å². The van der Waals surface area contributed by atoms with Gasteiger partial charge in [0, 0.05) is 19.4 Å². The van der Waals surface area contributed by atoms with E-state index in [1.165, 1.54) is 19.3 Å². The number of unbranched alkanes of at least 4 members (excludes halogenated alkanes) is 7. The molecule has 0 spiro atoms. The lowest BCUT2D eigenvalue weighted by atomic mass is 10.1. The number of carbonyl (C=O) groups excluding carboxylic acids is 2. The van der Waals surface area contributed by atoms with Crippen LogP contribution in [-0.2, 0) is 32.7 Å². The minimum Gasteiger partial charge on any atom is -0.462 e. The zero-order valence-electron chi connectivity index (χ0n) is 35.3. The molecule has 0 heterocycles. The van der Waals surface area contributed by atoms with Crippen molar-refractivity contribution >= 4 is 19.8 Å². The normalized spacial score (nSPS) is 14.4. The first-order valence-corrected chi connectivity index (χ1v) is 22.9. The van der Waals surface area contributed by atoms with E-state index in [4.69, 9.17) is 24.3 Å². The van der Waals surface area contributed by atoms with Crippen molar-refractivity contribution in [3.8, 4) is 0 Å². The zero-order valence-corrected chi connectivity index (χ0v) is 36.2. The van der Waals surface area contributed by atoms with Crippen molar-refractivity contribution in [3.05, 3.63) is 109 Å². The van der Waals surface area contributed by atoms with Crippen LogP contribution in [0.2, 0.25) is 0 Å². The van der Waals surface area contributed by atoms with E-state index in [-0.39, 0.29) is 32.6 Å². The summed E-state index contributed by atoms with van der Waals surface area (Å²) in [7, 11) is -4.41. The minimum absolute atomic E-state index is 0.0334. The van der Waals surface area contributed by atoms with E-state index in [0.29, 0.717) is 19.3 Å². The van der Waals surface area contributed by atoms with Crippen LogP contribution in [0.25, 0.3) is 0 Å². The van der Waals surface area contributed by atoms with Crippen LogP contribution >= 0.6 is 7.82 Å². The van der Waals surface area contributed by atoms with Gasteiger partial charge in [0.15, 0.2) is 6.10 Å². The van der Waals surface area contributed by atoms with E-state index in [2.05, 4.69) is 117 Å². The van der Waals surface area contributed by atoms with Crippen LogP contribution in [0.1, 0.15) is 142 Å². The number of phosphoric acid groups is 1. The Labute approximate surface area is 346 Å². The van der Waals surface area contributed by atoms with Crippen LogP contribution in [0.3, 0.4) is 0 Å². The number of hydrogen-bond donors (Lipinski definition) is 2. The highest BCUT2D eigenvalue weighted by molar-refractivity contribution is 7.47. The molecule has 9 nitrogen and oxygen atoms in total. The molecule has 0 saturated heterocycles. The second-order valence-electron chi connectivity index (χ2n) is 13.5. The zero-order chi connectivity index (χ0) is 41.8. The molecule has 0 aromatic heterocycles. The summed E-state index contributed by atoms with van der Waals surface area (Å²) in [5.74, 6) is -0.945. The first kappa shape index (κ1) is 53.7. The highest BCUT2D eigenvalue weighted by atomic mass is 31.2. The molecule has 2 atom stereocenters. The third-order valence-electron chi connectivity index (χ3n) is 8.14. The molecule has 0 aromatic rings. The average molecular weight is 814 g/mol. The molecule has 0 aliphatic rings. The maximum Gasteiger partial charge on any atom is 0.472 e. The van der Waals surface area contributed by atoms with E-state index in [1.807, 2.05) is 6.08 Å². The quantitative estimate of drug-likeness (QED) is 0.0270. The van der Waals surface area contributed by atoms with Gasteiger partial charge in [-0.2, -0.15) is 0 Å². The summed E-state index contributed by atoms with van der Waals surface area (Å²) < 4.78 is 32.7. The standard InChI is InChI=1S/C47H76NO8P/c1-3-5-7-9-11-13-15-17-19-21-22-24-25-27-29-31-33-35-37-39-46(49)53-43-45(44-55-57(51,52)54-42-41-48)56-47(50)40-38-36-34-32-30-28-26-23-20-18-16-14-12-10-8-6-4-2/h5,7,11-14,17-20,22,24,26-29,32,34,45H,3-4,6,8-10,15-16,21,23,25,30-31,33,35-44,48H2,1-2H3,(H,51,52)/t45-/m1/s1. The van der Waals surface area contributed by atoms with Crippen LogP contribution in [0.4, 0.5) is 0 Å². The summed E-state index contributed by atoms with van der Waals surface area (Å²) >= 11 is 0. The number of nitrogens with two attached hydrogens (primary N) is 1. The molecule has 0 aliphatic carbocycles. The molecule has 0 saturated carbocycles. The maximum absolute atomic E-state index is 12.6. The van der Waals surface area contributed by atoms with Crippen molar-refractivity contribution in [2.24, 2.45) is 5.73 Å². The van der Waals surface area contributed by atoms with Crippen molar-refractivity contribution in [2.75, 3.05) is 26.4 Å². The Morgan fingerprint density at radius 2 is 0.982 bits per heavy atom. The molecule has 0 aliphatic heterocycles. The first-order valence-electron chi connectivity index (χ1n) is 21.4. The molecular weight excluding hydrogens is 737 g/mol. The third-order valence-corrected chi connectivity index (χ3v) is 9.13. The molecule has 0 fully saturated rings. The predicted octanol–water partition coefficient (Wildman–Crippen LogP) is 12.4. The van der Waals surface area contributed by atoms with Crippen molar-refractivity contribution in [3.63, 3.8) is 0 Å². The second kappa shape index (κ2) is 42.3. The minimum atomic E-state index is -4.41. The highest BCUT2D eigenvalue weighted by Crippen LogP contribution is 2.43. The van der Waals surface area contributed by atoms with Gasteiger partial charge in [-0.3, -0.25) is 18.6 Å². The van der Waals surface area contributed by atoms with Gasteiger partial charge in [-0.15, -0.1) is 0 Å². The summed E-state index contributed by atoms with van der Waals surface area (Å²) in [6, 6.07) is 0. The first-order chi connectivity index (χ1) is 27.8. The number of hydrogen-bond acceptors (Lipinski definition) is 8. The molecule has 0 rings (SSSR count). The molecule has 0 bridgehead atoms. The summed E-state index contributed by atoms with van der Waals surface area (Å²) in [6.45, 7) is 3.45. The molecule has 1 unspecified atom stereocenters. The average Bonchev–Trinajstić information content (AvgIpc) is 3.20. The van der Waals surface area contributed by atoms with Gasteiger partial charge in [0.1, 0.15) is 6.61 Å². The van der Waals surface area contributed by atoms with E-state index in [0.717, 1.165) is 77.0 Å². The fraction of sp³-hybridized carbons (Fsp3) is 0.574. The predicted molar refractivity (Wildman–Crippen MR) is 238 cm³/mol. The molecule has 0 radical (unpaired) electrons. The molecule has 10 heteroatoms. The van der Waals surface area contributed by atoms with E-state index < -0.39 is 32.5 Å². The van der Waals surface area contributed by atoms with Gasteiger partial charge in [0.25, 0.3) is 0 Å². The van der Waals surface area contributed by atoms with Crippen molar-refractivity contribution in [2.45, 2.75) is 148 Å². The smallest absolute Gasteiger partial charge is 0.462 e. The second-order valence-corrected chi connectivity index (χ2v) is 14.9. The Balaban J connectivity index is 4.35. The van der Waals surface area contributed by atoms with Crippen molar-refractivity contribution in [1.29, 1.82) is 0 Å². The monoisotopic (exact) mass is 814 g/mol. The lowest BCUT2D eigenvalue weighted by molar-refractivity contribution is -0.161. The SMILES string of the molecule is CCC=CCC=CCC=CCC=CCC=CCCCCCC(=O)OC[C@H](COP(=O)(O)OCCN)OC(=O)CCCC=CCC=CCC=CCC=CCCCCC. The van der Waals surface area contributed by atoms with Crippen LogP contribution < -0.4 is 5.73 Å². The third kappa shape index (κ3) is 42.1. The fourth-order valence-electron chi connectivity index (χ4n) is 5.00. The Kier molecular flexibility index (Phi) is 39.8. The van der Waals surface area contributed by atoms with E-state index in [1.54, 1.807) is 0 Å². The van der Waals surface area contributed by atoms with Crippen LogP contribution in [0.5, 0.6) is 0 Å². The van der Waals surface area contributed by atoms with E-state index >= 15 is 0 Å². The van der Waals surface area contributed by atoms with Gasteiger partial charge < -0.3 is 20.1 Å². The summed E-state index contributed by atoms with van der Waals surface area (Å²) in [6.07, 6.45) is 55.5. The van der Waals surface area contributed by atoms with Gasteiger partial charge in [-0.05, 0) is 96.3 Å². The molecule has 0 aromatic carbocycles. The molecule has 57 heavy (non-hydrogen) atoms. The largest absolute Gasteiger partial charge is 0.472 e. The number of phosphoric ester groups is 1. The van der Waals surface area contributed by atoms with Crippen LogP contribution in [0, 0.1) is 0 Å². The summed E-state index contributed by atoms with van der Waals surface area (Å²) in [5, 5.41) is 0. The molecule has 322 valence electrons. The van der Waals surface area contributed by atoms with Gasteiger partial charge in [-0.25, -0.2) is 4.57 Å². The number of ether oxygens (including phenoxy) is 2. The van der Waals surface area contributed by atoms with Gasteiger partial charge in [0.05, 0.1) is 13.2 Å². The molecular formula is C47H76NO8P. The topological polar surface area (TPSA) is 134 Å². The Bertz CT molecular complexity index is 1290. The Hall–Kier alpha value is -3.33. The lowest BCUT2D eigenvalue weighted by Gasteiger charge is -2.19. The molecule has 0 amide bonds. The number of allylic oxidation sites excluding steroid dienone is 18. The summed E-state index contributed by atoms with van der Waals surface area (Å²) in [4.78, 5) is 34.8. The number of carbonyl (C=O) groups is 2. The summed E-state index contributed by atoms with van der Waals surface area (Å²) in [5.41, 5.74) is 5.34. The van der Waals surface area contributed by atoms with Crippen molar-refractivity contribution < 1.29 is 37.6 Å². The lowest BCUT2D eigenvalue weighted by Crippen LogP contribution is -2.29. The Morgan fingerprint density at radius 3 is 1.46 bits per heavy atom. The maximum atomic E-state index is 12.6. The fourth-order valence-corrected chi connectivity index (χ4v) is 5.77.